The second kappa shape index (κ2) is 13.1. The molecule has 2 aliphatic rings. The van der Waals surface area contributed by atoms with Crippen LogP contribution >= 0.6 is 0 Å². The van der Waals surface area contributed by atoms with Crippen LogP contribution in [0.5, 0.6) is 0 Å². The fourth-order valence-corrected chi connectivity index (χ4v) is 11.1. The molecule has 61 heavy (non-hydrogen) atoms. The highest BCUT2D eigenvalue weighted by molar-refractivity contribution is 6.13. The lowest BCUT2D eigenvalue weighted by Gasteiger charge is -2.34. The summed E-state index contributed by atoms with van der Waals surface area (Å²) in [5.41, 5.74) is 20.1. The fourth-order valence-electron chi connectivity index (χ4n) is 11.1. The number of rotatable bonds is 5. The smallest absolute Gasteiger partial charge is 0.0714 e. The molecule has 0 N–H and O–H groups in total. The molecular weight excluding hydrogens is 735 g/mol. The Morgan fingerprint density at radius 1 is 0.344 bits per heavy atom. The van der Waals surface area contributed by atoms with Crippen LogP contribution in [0.25, 0.3) is 71.6 Å². The number of aromatic nitrogens is 1. The summed E-state index contributed by atoms with van der Waals surface area (Å²) in [7, 11) is 0. The molecule has 0 aliphatic heterocycles. The van der Waals surface area contributed by atoms with Gasteiger partial charge in [-0.25, -0.2) is 0 Å². The summed E-state index contributed by atoms with van der Waals surface area (Å²) in [5.74, 6) is 0.194. The van der Waals surface area contributed by atoms with Gasteiger partial charge in [0.05, 0.1) is 16.4 Å². The molecule has 0 saturated heterocycles. The Morgan fingerprint density at radius 2 is 0.951 bits per heavy atom. The van der Waals surface area contributed by atoms with Crippen molar-refractivity contribution in [2.45, 2.75) is 11.3 Å². The largest absolute Gasteiger partial charge is 0.309 e. The maximum Gasteiger partial charge on any atom is 0.0714 e. The number of fused-ring (bicyclic) bond motifs is 10. The molecule has 0 radical (unpaired) electrons. The van der Waals surface area contributed by atoms with Gasteiger partial charge in [0.2, 0.25) is 0 Å². The van der Waals surface area contributed by atoms with Crippen molar-refractivity contribution in [3.63, 3.8) is 0 Å². The van der Waals surface area contributed by atoms with Crippen LogP contribution in [-0.2, 0) is 5.41 Å². The van der Waals surface area contributed by atoms with Gasteiger partial charge in [-0.1, -0.05) is 188 Å². The number of hydrogen-bond acceptors (Lipinski definition) is 0. The number of para-hydroxylation sites is 1. The first kappa shape index (κ1) is 34.2. The number of hydrogen-bond donors (Lipinski definition) is 0. The Kier molecular flexibility index (Phi) is 7.35. The molecule has 1 atom stereocenters. The van der Waals surface area contributed by atoms with Crippen molar-refractivity contribution in [2.75, 3.05) is 0 Å². The van der Waals surface area contributed by atoms with Gasteiger partial charge in [-0.05, 0) is 126 Å². The van der Waals surface area contributed by atoms with Gasteiger partial charge in [0.15, 0.2) is 0 Å². The van der Waals surface area contributed by atoms with Gasteiger partial charge in [-0.15, -0.1) is 0 Å². The predicted octanol–water partition coefficient (Wildman–Crippen LogP) is 15.1. The van der Waals surface area contributed by atoms with E-state index in [1.54, 1.807) is 0 Å². The highest BCUT2D eigenvalue weighted by Gasteiger charge is 2.46. The van der Waals surface area contributed by atoms with Crippen molar-refractivity contribution in [1.82, 2.24) is 4.57 Å². The van der Waals surface area contributed by atoms with Crippen LogP contribution in [0.4, 0.5) is 0 Å². The first-order valence-electron chi connectivity index (χ1n) is 21.4. The summed E-state index contributed by atoms with van der Waals surface area (Å²) < 4.78 is 2.48. The minimum absolute atomic E-state index is 0.194. The van der Waals surface area contributed by atoms with E-state index in [9.17, 15) is 0 Å². The molecule has 0 fully saturated rings. The lowest BCUT2D eigenvalue weighted by molar-refractivity contribution is 0.769. The van der Waals surface area contributed by atoms with E-state index in [0.717, 1.165) is 5.69 Å². The van der Waals surface area contributed by atoms with Crippen LogP contribution in [0.1, 0.15) is 44.9 Å². The minimum Gasteiger partial charge on any atom is -0.309 e. The zero-order chi connectivity index (χ0) is 40.1. The summed E-state index contributed by atoms with van der Waals surface area (Å²) in [6.07, 6.45) is 0. The topological polar surface area (TPSA) is 4.93 Å². The van der Waals surface area contributed by atoms with Gasteiger partial charge in [0, 0.05) is 22.4 Å². The van der Waals surface area contributed by atoms with Crippen LogP contribution in [0.3, 0.4) is 0 Å². The summed E-state index contributed by atoms with van der Waals surface area (Å²) in [6, 6.07) is 86.1. The summed E-state index contributed by atoms with van der Waals surface area (Å²) in [6.45, 7) is 0. The maximum absolute atomic E-state index is 2.51. The zero-order valence-corrected chi connectivity index (χ0v) is 33.5. The van der Waals surface area contributed by atoms with Crippen LogP contribution in [0.2, 0.25) is 0 Å². The van der Waals surface area contributed by atoms with E-state index in [2.05, 4.69) is 235 Å². The average Bonchev–Trinajstić information content (AvgIpc) is 3.94. The standard InChI is InChI=1S/C60H39N/c1-4-18-44(19-5-1)60(45-20-6-2-7-21-45)55-27-15-14-25-48(55)52-37-54-53-36-42(31-33-57(53)61(58(54)38-56(52)60)46-22-8-3-9-23-46)41-30-32-50-51(35-41)47-24-12-13-26-49(47)59(50)43-29-28-39-16-10-11-17-40(39)34-43/h1-38,59H. The molecular formula is C60H39N. The predicted molar refractivity (Wildman–Crippen MR) is 254 cm³/mol. The van der Waals surface area contributed by atoms with Gasteiger partial charge < -0.3 is 4.57 Å². The van der Waals surface area contributed by atoms with Crippen molar-refractivity contribution in [2.24, 2.45) is 0 Å². The highest BCUT2D eigenvalue weighted by atomic mass is 15.0. The van der Waals surface area contributed by atoms with Gasteiger partial charge in [0.1, 0.15) is 0 Å². The number of nitrogens with zero attached hydrogens (tertiary/aromatic N) is 1. The third-order valence-electron chi connectivity index (χ3n) is 13.7. The van der Waals surface area contributed by atoms with E-state index in [1.807, 2.05) is 0 Å². The molecule has 1 heterocycles. The van der Waals surface area contributed by atoms with E-state index in [4.69, 9.17) is 0 Å². The van der Waals surface area contributed by atoms with Gasteiger partial charge in [-0.3, -0.25) is 0 Å². The van der Waals surface area contributed by atoms with E-state index < -0.39 is 5.41 Å². The molecule has 0 saturated carbocycles. The van der Waals surface area contributed by atoms with Crippen molar-refractivity contribution in [3.8, 4) is 39.1 Å². The Morgan fingerprint density at radius 3 is 1.74 bits per heavy atom. The van der Waals surface area contributed by atoms with Gasteiger partial charge in [-0.2, -0.15) is 0 Å². The van der Waals surface area contributed by atoms with E-state index in [-0.39, 0.29) is 5.92 Å². The first-order chi connectivity index (χ1) is 30.3. The summed E-state index contributed by atoms with van der Waals surface area (Å²) >= 11 is 0. The fraction of sp³-hybridized carbons (Fsp3) is 0.0333. The van der Waals surface area contributed by atoms with Crippen molar-refractivity contribution >= 4 is 32.6 Å². The van der Waals surface area contributed by atoms with Crippen molar-refractivity contribution in [1.29, 1.82) is 0 Å². The Labute approximate surface area is 355 Å². The molecule has 284 valence electrons. The molecule has 1 aromatic heterocycles. The second-order valence-electron chi connectivity index (χ2n) is 16.8. The molecule has 13 rings (SSSR count). The summed E-state index contributed by atoms with van der Waals surface area (Å²) in [4.78, 5) is 0. The molecule has 2 aliphatic carbocycles. The van der Waals surface area contributed by atoms with Gasteiger partial charge >= 0.3 is 0 Å². The SMILES string of the molecule is c1ccc(-n2c3ccc(-c4ccc5c(c4)-c4ccccc4C5c4ccc5ccccc5c4)cc3c3cc4c(cc32)C(c2ccccc2)(c2ccccc2)c2ccccc2-4)cc1. The van der Waals surface area contributed by atoms with Crippen LogP contribution < -0.4 is 0 Å². The average molecular weight is 774 g/mol. The van der Waals surface area contributed by atoms with Crippen LogP contribution in [0.15, 0.2) is 231 Å². The summed E-state index contributed by atoms with van der Waals surface area (Å²) in [5, 5.41) is 5.07. The van der Waals surface area contributed by atoms with Gasteiger partial charge in [0.25, 0.3) is 0 Å². The molecule has 0 amide bonds. The molecule has 0 bridgehead atoms. The van der Waals surface area contributed by atoms with E-state index in [0.29, 0.717) is 0 Å². The highest BCUT2D eigenvalue weighted by Crippen LogP contribution is 2.58. The van der Waals surface area contributed by atoms with Crippen molar-refractivity contribution < 1.29 is 0 Å². The third kappa shape index (κ3) is 4.89. The maximum atomic E-state index is 2.51. The third-order valence-corrected chi connectivity index (χ3v) is 13.7. The zero-order valence-electron chi connectivity index (χ0n) is 33.5. The Hall–Kier alpha value is -7.74. The Bertz CT molecular complexity index is 3480. The van der Waals surface area contributed by atoms with Crippen LogP contribution in [-0.4, -0.2) is 4.57 Å². The normalized spacial score (nSPS) is 14.5. The second-order valence-corrected chi connectivity index (χ2v) is 16.8. The molecule has 1 nitrogen and oxygen atoms in total. The van der Waals surface area contributed by atoms with E-state index >= 15 is 0 Å². The minimum atomic E-state index is -0.475. The lowest BCUT2D eigenvalue weighted by atomic mass is 9.67. The Balaban J connectivity index is 1.04. The van der Waals surface area contributed by atoms with Crippen LogP contribution in [0, 0.1) is 0 Å². The molecule has 10 aromatic carbocycles. The molecule has 0 spiro atoms. The number of benzene rings is 10. The molecule has 1 unspecified atom stereocenters. The molecule has 11 aromatic rings. The first-order valence-corrected chi connectivity index (χ1v) is 21.4. The quantitative estimate of drug-likeness (QED) is 0.164. The lowest BCUT2D eigenvalue weighted by Crippen LogP contribution is -2.28. The van der Waals surface area contributed by atoms with Crippen molar-refractivity contribution in [3.05, 3.63) is 269 Å². The van der Waals surface area contributed by atoms with E-state index in [1.165, 1.54) is 105 Å². The monoisotopic (exact) mass is 773 g/mol. The molecule has 1 heteroatoms.